The van der Waals surface area contributed by atoms with Crippen molar-refractivity contribution in [1.29, 1.82) is 0 Å². The number of rotatable bonds is 6. The molecule has 0 saturated heterocycles. The van der Waals surface area contributed by atoms with E-state index in [4.69, 9.17) is 15.4 Å². The van der Waals surface area contributed by atoms with Crippen LogP contribution in [0.3, 0.4) is 0 Å². The van der Waals surface area contributed by atoms with Crippen LogP contribution in [-0.4, -0.2) is 30.5 Å². The highest BCUT2D eigenvalue weighted by Crippen LogP contribution is 2.24. The summed E-state index contributed by atoms with van der Waals surface area (Å²) in [5.74, 6) is 0. The monoisotopic (exact) mass is 334 g/mol. The Morgan fingerprint density at radius 3 is 2.55 bits per heavy atom. The van der Waals surface area contributed by atoms with Crippen LogP contribution in [0.1, 0.15) is 26.0 Å². The average Bonchev–Trinajstić information content (AvgIpc) is 2.66. The molecule has 1 rings (SSSR count). The smallest absolute Gasteiger partial charge is 0.372 e. The van der Waals surface area contributed by atoms with Crippen molar-refractivity contribution in [1.82, 2.24) is 9.78 Å². The van der Waals surface area contributed by atoms with Gasteiger partial charge in [-0.15, -0.1) is 0 Å². The molecule has 0 N–H and O–H groups in total. The van der Waals surface area contributed by atoms with Gasteiger partial charge >= 0.3 is 6.18 Å². The molecule has 0 aromatic carbocycles. The van der Waals surface area contributed by atoms with Crippen LogP contribution in [0.4, 0.5) is 13.2 Å². The van der Waals surface area contributed by atoms with Crippen molar-refractivity contribution in [2.75, 3.05) is 0 Å². The van der Waals surface area contributed by atoms with Gasteiger partial charge in [-0.05, 0) is 13.3 Å². The summed E-state index contributed by atoms with van der Waals surface area (Å²) in [5, 5.41) is 3.42. The summed E-state index contributed by atoms with van der Waals surface area (Å²) in [6.07, 6.45) is -3.32. The number of hydrogen-bond acceptors (Lipinski definition) is 4. The summed E-state index contributed by atoms with van der Waals surface area (Å²) in [6, 6.07) is 0. The van der Waals surface area contributed by atoms with Gasteiger partial charge in [-0.2, -0.15) is 18.3 Å². The number of alkyl halides is 3. The number of hydrogen-bond donors (Lipinski definition) is 0. The second-order valence-corrected chi connectivity index (χ2v) is 6.73. The molecule has 0 fully saturated rings. The van der Waals surface area contributed by atoms with Gasteiger partial charge in [0.2, 0.25) is 0 Å². The second kappa shape index (κ2) is 6.31. The third kappa shape index (κ3) is 4.95. The number of halogens is 4. The third-order valence-electron chi connectivity index (χ3n) is 2.58. The summed E-state index contributed by atoms with van der Waals surface area (Å²) in [6.45, 7) is 1.83. The highest BCUT2D eigenvalue weighted by molar-refractivity contribution is 8.13. The summed E-state index contributed by atoms with van der Waals surface area (Å²) in [5.41, 5.74) is -0.211. The van der Waals surface area contributed by atoms with Gasteiger partial charge in [-0.3, -0.25) is 4.68 Å². The van der Waals surface area contributed by atoms with E-state index in [2.05, 4.69) is 5.10 Å². The van der Waals surface area contributed by atoms with Crippen molar-refractivity contribution >= 4 is 19.7 Å². The van der Waals surface area contributed by atoms with Crippen molar-refractivity contribution in [2.24, 2.45) is 0 Å². The van der Waals surface area contributed by atoms with Gasteiger partial charge in [0, 0.05) is 10.7 Å². The van der Waals surface area contributed by atoms with E-state index in [-0.39, 0.29) is 18.4 Å². The van der Waals surface area contributed by atoms with E-state index < -0.39 is 26.7 Å². The van der Waals surface area contributed by atoms with Crippen molar-refractivity contribution in [2.45, 2.75) is 50.6 Å². The maximum Gasteiger partial charge on any atom is 0.408 e. The Morgan fingerprint density at radius 1 is 1.50 bits per heavy atom. The van der Waals surface area contributed by atoms with Crippen LogP contribution in [0, 0.1) is 0 Å². The number of nitrogens with zero attached hydrogens (tertiary/aromatic N) is 2. The minimum atomic E-state index is -4.52. The fraction of sp³-hybridized carbons (Fsp3) is 0.700. The minimum absolute atomic E-state index is 0.211. The average molecular weight is 335 g/mol. The van der Waals surface area contributed by atoms with Crippen LogP contribution in [0.5, 0.6) is 0 Å². The molecule has 1 unspecified atom stereocenters. The predicted molar refractivity (Wildman–Crippen MR) is 65.9 cm³/mol. The SMILES string of the molecule is CCC(C)OCc1c(S(=O)(=O)Cl)cnn1CC(F)(F)F. The first-order valence-electron chi connectivity index (χ1n) is 5.72. The lowest BCUT2D eigenvalue weighted by molar-refractivity contribution is -0.143. The van der Waals surface area contributed by atoms with Gasteiger partial charge in [0.15, 0.2) is 0 Å². The Kier molecular flexibility index (Phi) is 5.45. The summed E-state index contributed by atoms with van der Waals surface area (Å²) in [7, 11) is 0.998. The molecule has 1 aromatic rings. The molecule has 0 aliphatic carbocycles. The predicted octanol–water partition coefficient (Wildman–Crippen LogP) is 2.69. The molecule has 0 amide bonds. The van der Waals surface area contributed by atoms with Gasteiger partial charge in [0.1, 0.15) is 11.4 Å². The summed E-state index contributed by atoms with van der Waals surface area (Å²) in [4.78, 5) is -0.466. The molecule has 0 radical (unpaired) electrons. The van der Waals surface area contributed by atoms with Gasteiger partial charge in [-0.25, -0.2) is 8.42 Å². The van der Waals surface area contributed by atoms with E-state index in [9.17, 15) is 21.6 Å². The standard InChI is InChI=1S/C10H14ClF3N2O3S/c1-3-7(2)19-5-8-9(20(11,17)18)4-15-16(8)6-10(12,13)14/h4,7H,3,5-6H2,1-2H3. The zero-order valence-corrected chi connectivity index (χ0v) is 12.4. The largest absolute Gasteiger partial charge is 0.408 e. The molecule has 0 spiro atoms. The van der Waals surface area contributed by atoms with Gasteiger partial charge in [-0.1, -0.05) is 6.92 Å². The lowest BCUT2D eigenvalue weighted by atomic mass is 10.3. The topological polar surface area (TPSA) is 61.2 Å². The van der Waals surface area contributed by atoms with Crippen molar-refractivity contribution in [3.8, 4) is 0 Å². The first kappa shape index (κ1) is 17.3. The molecule has 10 heteroatoms. The molecular formula is C10H14ClF3N2O3S. The van der Waals surface area contributed by atoms with Crippen LogP contribution in [-0.2, 0) is 26.9 Å². The Morgan fingerprint density at radius 2 is 2.10 bits per heavy atom. The normalized spacial score (nSPS) is 14.5. The number of ether oxygens (including phenoxy) is 1. The van der Waals surface area contributed by atoms with Crippen LogP contribution >= 0.6 is 10.7 Å². The fourth-order valence-electron chi connectivity index (χ4n) is 1.39. The molecule has 0 aliphatic heterocycles. The summed E-state index contributed by atoms with van der Waals surface area (Å²) < 4.78 is 65.7. The van der Waals surface area contributed by atoms with E-state index >= 15 is 0 Å². The quantitative estimate of drug-likeness (QED) is 0.750. The van der Waals surface area contributed by atoms with Gasteiger partial charge < -0.3 is 4.74 Å². The minimum Gasteiger partial charge on any atom is -0.372 e. The first-order valence-corrected chi connectivity index (χ1v) is 8.03. The van der Waals surface area contributed by atoms with E-state index in [1.165, 1.54) is 0 Å². The van der Waals surface area contributed by atoms with Crippen molar-refractivity contribution < 1.29 is 26.3 Å². The van der Waals surface area contributed by atoms with E-state index in [0.717, 1.165) is 6.20 Å². The molecule has 1 aromatic heterocycles. The molecule has 5 nitrogen and oxygen atoms in total. The van der Waals surface area contributed by atoms with E-state index in [0.29, 0.717) is 11.1 Å². The van der Waals surface area contributed by atoms with Crippen molar-refractivity contribution in [3.05, 3.63) is 11.9 Å². The van der Waals surface area contributed by atoms with Crippen LogP contribution in [0.15, 0.2) is 11.1 Å². The highest BCUT2D eigenvalue weighted by atomic mass is 35.7. The van der Waals surface area contributed by atoms with E-state index in [1.54, 1.807) is 6.92 Å². The Hall–Kier alpha value is -0.800. The first-order chi connectivity index (χ1) is 9.04. The van der Waals surface area contributed by atoms with Gasteiger partial charge in [0.05, 0.1) is 24.6 Å². The fourth-order valence-corrected chi connectivity index (χ4v) is 2.39. The molecule has 116 valence electrons. The van der Waals surface area contributed by atoms with Crippen LogP contribution < -0.4 is 0 Å². The zero-order valence-electron chi connectivity index (χ0n) is 10.8. The van der Waals surface area contributed by atoms with Crippen LogP contribution in [0.25, 0.3) is 0 Å². The lowest BCUT2D eigenvalue weighted by Crippen LogP contribution is -2.21. The molecule has 0 aliphatic rings. The Balaban J connectivity index is 3.10. The molecular weight excluding hydrogens is 321 g/mol. The Labute approximate surface area is 119 Å². The zero-order chi connectivity index (χ0) is 15.6. The third-order valence-corrected chi connectivity index (χ3v) is 3.95. The second-order valence-electron chi connectivity index (χ2n) is 4.20. The van der Waals surface area contributed by atoms with E-state index in [1.807, 2.05) is 6.92 Å². The molecule has 0 saturated carbocycles. The van der Waals surface area contributed by atoms with Crippen LogP contribution in [0.2, 0.25) is 0 Å². The maximum atomic E-state index is 12.4. The highest BCUT2D eigenvalue weighted by Gasteiger charge is 2.32. The van der Waals surface area contributed by atoms with Gasteiger partial charge in [0.25, 0.3) is 9.05 Å². The summed E-state index contributed by atoms with van der Waals surface area (Å²) >= 11 is 0. The molecule has 0 bridgehead atoms. The molecule has 20 heavy (non-hydrogen) atoms. The van der Waals surface area contributed by atoms with Crippen molar-refractivity contribution in [3.63, 3.8) is 0 Å². The number of aromatic nitrogens is 2. The molecule has 1 atom stereocenters. The Bertz CT molecular complexity index is 557. The maximum absolute atomic E-state index is 12.4. The lowest BCUT2D eigenvalue weighted by Gasteiger charge is -2.14. The molecule has 1 heterocycles.